The van der Waals surface area contributed by atoms with Crippen molar-refractivity contribution in [1.29, 1.82) is 0 Å². The summed E-state index contributed by atoms with van der Waals surface area (Å²) in [6.07, 6.45) is 1.54. The van der Waals surface area contributed by atoms with Gasteiger partial charge in [-0.25, -0.2) is 0 Å². The van der Waals surface area contributed by atoms with E-state index in [1.54, 1.807) is 21.3 Å². The van der Waals surface area contributed by atoms with Gasteiger partial charge in [0.05, 0.1) is 0 Å². The van der Waals surface area contributed by atoms with E-state index >= 15 is 0 Å². The highest BCUT2D eigenvalue weighted by atomic mass is 35.5. The van der Waals surface area contributed by atoms with Crippen LogP contribution in [0.4, 0.5) is 0 Å². The lowest BCUT2D eigenvalue weighted by molar-refractivity contribution is 0.104. The molecule has 0 N–H and O–H groups in total. The van der Waals surface area contributed by atoms with E-state index in [1.807, 2.05) is 13.8 Å². The molecule has 0 unspecified atom stereocenters. The summed E-state index contributed by atoms with van der Waals surface area (Å²) >= 11 is 6.42. The molecule has 0 aliphatic rings. The zero-order valence-electron chi connectivity index (χ0n) is 9.02. The minimum absolute atomic E-state index is 0.509. The van der Waals surface area contributed by atoms with Crippen molar-refractivity contribution in [1.82, 2.24) is 0 Å². The largest absolute Gasteiger partial charge is 0.522 e. The van der Waals surface area contributed by atoms with Gasteiger partial charge in [0.25, 0.3) is 0 Å². The Kier molecular flexibility index (Phi) is 5.47. The number of hydrogen-bond donors (Lipinski definition) is 0. The third-order valence-corrected chi connectivity index (χ3v) is 7.12. The second-order valence-corrected chi connectivity index (χ2v) is 7.18. The molecule has 0 saturated heterocycles. The summed E-state index contributed by atoms with van der Waals surface area (Å²) in [6, 6.07) is 0. The Bertz CT molecular complexity index is 138. The minimum atomic E-state index is -2.71. The summed E-state index contributed by atoms with van der Waals surface area (Å²) in [4.78, 5) is 0. The first kappa shape index (κ1) is 13.4. The lowest BCUT2D eigenvalue weighted by atomic mass is 10.2. The summed E-state index contributed by atoms with van der Waals surface area (Å²) in [7, 11) is 2.05. The second kappa shape index (κ2) is 5.31. The molecule has 0 heterocycles. The van der Waals surface area contributed by atoms with Gasteiger partial charge in [0, 0.05) is 21.3 Å². The third-order valence-electron chi connectivity index (χ3n) is 2.48. The molecule has 80 valence electrons. The average Bonchev–Trinajstić information content (AvgIpc) is 2.20. The molecule has 3 nitrogen and oxygen atoms in total. The van der Waals surface area contributed by atoms with Gasteiger partial charge in [-0.2, -0.15) is 0 Å². The number of halogens is 1. The summed E-state index contributed by atoms with van der Waals surface area (Å²) in [5.74, 6) is 0. The van der Waals surface area contributed by atoms with Crippen LogP contribution in [-0.4, -0.2) is 34.6 Å². The van der Waals surface area contributed by atoms with Crippen LogP contribution in [0, 0.1) is 0 Å². The van der Waals surface area contributed by atoms with Crippen LogP contribution in [0.5, 0.6) is 0 Å². The normalized spacial score (nSPS) is 13.4. The van der Waals surface area contributed by atoms with Gasteiger partial charge in [0.1, 0.15) is 4.50 Å². The van der Waals surface area contributed by atoms with Crippen molar-refractivity contribution in [3.05, 3.63) is 0 Å². The molecule has 0 aliphatic carbocycles. The molecule has 0 aromatic rings. The van der Waals surface area contributed by atoms with Gasteiger partial charge in [-0.3, -0.25) is 0 Å². The van der Waals surface area contributed by atoms with Crippen molar-refractivity contribution < 1.29 is 13.3 Å². The second-order valence-electron chi connectivity index (χ2n) is 2.84. The molecule has 5 heteroatoms. The van der Waals surface area contributed by atoms with Crippen LogP contribution in [0.25, 0.3) is 0 Å². The molecule has 0 amide bonds. The fourth-order valence-corrected chi connectivity index (χ4v) is 4.64. The van der Waals surface area contributed by atoms with Crippen molar-refractivity contribution in [2.45, 2.75) is 31.2 Å². The van der Waals surface area contributed by atoms with E-state index in [1.165, 1.54) is 0 Å². The molecule has 0 rings (SSSR count). The van der Waals surface area contributed by atoms with E-state index in [2.05, 4.69) is 0 Å². The highest BCUT2D eigenvalue weighted by Gasteiger charge is 2.56. The van der Waals surface area contributed by atoms with Crippen LogP contribution in [0.2, 0.25) is 0 Å². The summed E-state index contributed by atoms with van der Waals surface area (Å²) in [5.41, 5.74) is 0. The fraction of sp³-hybridized carbons (Fsp3) is 1.00. The molecule has 0 radical (unpaired) electrons. The molecule has 0 saturated carbocycles. The molecular formula is C8H19ClO3Si. The van der Waals surface area contributed by atoms with E-state index < -0.39 is 13.3 Å². The van der Waals surface area contributed by atoms with Crippen LogP contribution in [0.1, 0.15) is 26.7 Å². The lowest BCUT2D eigenvalue weighted by Crippen LogP contribution is -2.60. The molecule has 0 aromatic heterocycles. The standard InChI is InChI=1S/C8H19ClO3Si/c1-6-8(9,7-2)13(10-3,11-4)12-5/h6-7H2,1-5H3. The molecule has 13 heavy (non-hydrogen) atoms. The average molecular weight is 227 g/mol. The number of rotatable bonds is 6. The predicted molar refractivity (Wildman–Crippen MR) is 55.9 cm³/mol. The van der Waals surface area contributed by atoms with Crippen molar-refractivity contribution in [3.63, 3.8) is 0 Å². The zero-order chi connectivity index (χ0) is 10.5. The minimum Gasteiger partial charge on any atom is -0.376 e. The predicted octanol–water partition coefficient (Wildman–Crippen LogP) is 2.20. The summed E-state index contributed by atoms with van der Waals surface area (Å²) < 4.78 is 15.5. The van der Waals surface area contributed by atoms with E-state index in [9.17, 15) is 0 Å². The van der Waals surface area contributed by atoms with Gasteiger partial charge < -0.3 is 13.3 Å². The number of hydrogen-bond acceptors (Lipinski definition) is 3. The van der Waals surface area contributed by atoms with Crippen LogP contribution < -0.4 is 0 Å². The fourth-order valence-electron chi connectivity index (χ4n) is 1.48. The van der Waals surface area contributed by atoms with Gasteiger partial charge in [0.2, 0.25) is 0 Å². The van der Waals surface area contributed by atoms with Crippen LogP contribution >= 0.6 is 11.6 Å². The molecule has 0 spiro atoms. The van der Waals surface area contributed by atoms with Gasteiger partial charge in [-0.1, -0.05) is 13.8 Å². The van der Waals surface area contributed by atoms with Crippen LogP contribution in [0.3, 0.4) is 0 Å². The highest BCUT2D eigenvalue weighted by Crippen LogP contribution is 2.35. The van der Waals surface area contributed by atoms with Crippen molar-refractivity contribution in [2.24, 2.45) is 0 Å². The van der Waals surface area contributed by atoms with Crippen LogP contribution in [0.15, 0.2) is 0 Å². The first-order valence-corrected chi connectivity index (χ1v) is 6.50. The summed E-state index contributed by atoms with van der Waals surface area (Å²) in [6.45, 7) is 4.02. The number of alkyl halides is 1. The summed E-state index contributed by atoms with van der Waals surface area (Å²) in [5, 5.41) is 0. The van der Waals surface area contributed by atoms with Crippen LogP contribution in [-0.2, 0) is 13.3 Å². The quantitative estimate of drug-likeness (QED) is 0.514. The van der Waals surface area contributed by atoms with Gasteiger partial charge in [0.15, 0.2) is 0 Å². The van der Waals surface area contributed by atoms with Gasteiger partial charge in [-0.05, 0) is 12.8 Å². The monoisotopic (exact) mass is 226 g/mol. The van der Waals surface area contributed by atoms with Gasteiger partial charge >= 0.3 is 8.80 Å². The Balaban J connectivity index is 4.87. The molecular weight excluding hydrogens is 208 g/mol. The molecule has 0 aromatic carbocycles. The topological polar surface area (TPSA) is 27.7 Å². The van der Waals surface area contributed by atoms with E-state index in [-0.39, 0.29) is 0 Å². The Hall–Kier alpha value is 0.387. The maximum atomic E-state index is 6.42. The van der Waals surface area contributed by atoms with Crippen molar-refractivity contribution >= 4 is 20.4 Å². The Morgan fingerprint density at radius 1 is 1.00 bits per heavy atom. The zero-order valence-corrected chi connectivity index (χ0v) is 10.8. The molecule has 0 bridgehead atoms. The lowest BCUT2D eigenvalue weighted by Gasteiger charge is -2.37. The van der Waals surface area contributed by atoms with Crippen molar-refractivity contribution in [2.75, 3.05) is 21.3 Å². The Morgan fingerprint density at radius 3 is 1.38 bits per heavy atom. The first-order chi connectivity index (χ1) is 6.05. The highest BCUT2D eigenvalue weighted by molar-refractivity contribution is 6.74. The third kappa shape index (κ3) is 2.25. The molecule has 0 aliphatic heterocycles. The van der Waals surface area contributed by atoms with Gasteiger partial charge in [-0.15, -0.1) is 11.6 Å². The maximum Gasteiger partial charge on any atom is 0.522 e. The Morgan fingerprint density at radius 2 is 1.31 bits per heavy atom. The SMILES string of the molecule is CCC(Cl)(CC)[Si](OC)(OC)OC. The first-order valence-electron chi connectivity index (χ1n) is 4.40. The van der Waals surface area contributed by atoms with Crippen molar-refractivity contribution in [3.8, 4) is 0 Å². The van der Waals surface area contributed by atoms with E-state index in [0.717, 1.165) is 12.8 Å². The smallest absolute Gasteiger partial charge is 0.376 e. The van der Waals surface area contributed by atoms with E-state index in [4.69, 9.17) is 24.9 Å². The molecule has 0 atom stereocenters. The Labute approximate surface area is 86.7 Å². The maximum absolute atomic E-state index is 6.42. The van der Waals surface area contributed by atoms with E-state index in [0.29, 0.717) is 0 Å². The molecule has 0 fully saturated rings.